The molecule has 4 heterocycles. The van der Waals surface area contributed by atoms with Gasteiger partial charge in [-0.3, -0.25) is 4.98 Å². The van der Waals surface area contributed by atoms with Crippen LogP contribution in [0.1, 0.15) is 13.8 Å². The number of aryl methyl sites for hydroxylation is 1. The number of aromatic nitrogens is 4. The highest BCUT2D eigenvalue weighted by molar-refractivity contribution is 6.24. The molecule has 23 heavy (non-hydrogen) atoms. The third-order valence-corrected chi connectivity index (χ3v) is 4.31. The van der Waals surface area contributed by atoms with Gasteiger partial charge in [0.05, 0.1) is 16.6 Å². The summed E-state index contributed by atoms with van der Waals surface area (Å²) in [6.07, 6.45) is 5.60. The number of nitrogens with one attached hydrogen (secondary N) is 1. The minimum absolute atomic E-state index is 0.931. The summed E-state index contributed by atoms with van der Waals surface area (Å²) in [4.78, 5) is 12.2. The van der Waals surface area contributed by atoms with Crippen molar-refractivity contribution in [2.45, 2.75) is 13.8 Å². The summed E-state index contributed by atoms with van der Waals surface area (Å²) in [7, 11) is 2.09. The van der Waals surface area contributed by atoms with Crippen LogP contribution in [0.5, 0.6) is 0 Å². The van der Waals surface area contributed by atoms with Gasteiger partial charge in [0, 0.05) is 47.2 Å². The maximum Gasteiger partial charge on any atom is 0.138 e. The maximum absolute atomic E-state index is 4.43. The Morgan fingerprint density at radius 2 is 1.78 bits per heavy atom. The number of rotatable bonds is 0. The monoisotopic (exact) mass is 302 g/mol. The number of aromatic amines is 1. The van der Waals surface area contributed by atoms with E-state index in [0.717, 1.165) is 16.6 Å². The zero-order valence-electron chi connectivity index (χ0n) is 13.5. The summed E-state index contributed by atoms with van der Waals surface area (Å²) in [5.74, 6) is 0. The Balaban J connectivity index is 0.000000652. The second-order valence-corrected chi connectivity index (χ2v) is 5.36. The Bertz CT molecular complexity index is 1150. The first-order valence-corrected chi connectivity index (χ1v) is 7.92. The molecule has 4 heteroatoms. The quantitative estimate of drug-likeness (QED) is 0.447. The van der Waals surface area contributed by atoms with Gasteiger partial charge >= 0.3 is 0 Å². The van der Waals surface area contributed by atoms with Gasteiger partial charge in [-0.05, 0) is 24.3 Å². The summed E-state index contributed by atoms with van der Waals surface area (Å²) in [6, 6.07) is 10.5. The van der Waals surface area contributed by atoms with Gasteiger partial charge < -0.3 is 9.55 Å². The minimum Gasteiger partial charge on any atom is -0.343 e. The summed E-state index contributed by atoms with van der Waals surface area (Å²) >= 11 is 0. The van der Waals surface area contributed by atoms with E-state index in [-0.39, 0.29) is 0 Å². The van der Waals surface area contributed by atoms with Crippen LogP contribution >= 0.6 is 0 Å². The van der Waals surface area contributed by atoms with E-state index in [4.69, 9.17) is 0 Å². The smallest absolute Gasteiger partial charge is 0.138 e. The lowest BCUT2D eigenvalue weighted by Crippen LogP contribution is -1.85. The fourth-order valence-electron chi connectivity index (χ4n) is 3.34. The number of pyridine rings is 2. The highest BCUT2D eigenvalue weighted by atomic mass is 14.9. The SMILES string of the molecule is CC.Cn1c2ccncc2c2c3[nH]c4ncccc4c3ccc21. The molecular formula is C19H18N4. The minimum atomic E-state index is 0.931. The third-order valence-electron chi connectivity index (χ3n) is 4.31. The van der Waals surface area contributed by atoms with Gasteiger partial charge in [0.1, 0.15) is 5.65 Å². The van der Waals surface area contributed by atoms with E-state index in [1.54, 1.807) is 0 Å². The molecule has 0 aliphatic heterocycles. The Kier molecular flexibility index (Phi) is 3.05. The van der Waals surface area contributed by atoms with Crippen molar-refractivity contribution in [1.82, 2.24) is 19.5 Å². The molecule has 1 N–H and O–H groups in total. The van der Waals surface area contributed by atoms with Crippen molar-refractivity contribution in [3.8, 4) is 0 Å². The van der Waals surface area contributed by atoms with Crippen molar-refractivity contribution in [2.75, 3.05) is 0 Å². The fraction of sp³-hybridized carbons (Fsp3) is 0.158. The number of nitrogens with zero attached hydrogens (tertiary/aromatic N) is 3. The predicted molar refractivity (Wildman–Crippen MR) is 96.7 cm³/mol. The van der Waals surface area contributed by atoms with E-state index < -0.39 is 0 Å². The molecule has 0 fully saturated rings. The van der Waals surface area contributed by atoms with Gasteiger partial charge in [-0.2, -0.15) is 0 Å². The predicted octanol–water partition coefficient (Wildman–Crippen LogP) is 4.78. The fourth-order valence-corrected chi connectivity index (χ4v) is 3.34. The van der Waals surface area contributed by atoms with Crippen molar-refractivity contribution in [3.05, 3.63) is 48.9 Å². The van der Waals surface area contributed by atoms with E-state index in [9.17, 15) is 0 Å². The van der Waals surface area contributed by atoms with Crippen LogP contribution in [-0.2, 0) is 7.05 Å². The van der Waals surface area contributed by atoms with Crippen LogP contribution in [0.15, 0.2) is 48.9 Å². The van der Waals surface area contributed by atoms with Crippen LogP contribution in [0, 0.1) is 0 Å². The first kappa shape index (κ1) is 13.8. The number of benzene rings is 1. The molecule has 114 valence electrons. The molecule has 0 amide bonds. The lowest BCUT2D eigenvalue weighted by Gasteiger charge is -1.97. The van der Waals surface area contributed by atoms with E-state index in [2.05, 4.69) is 50.8 Å². The largest absolute Gasteiger partial charge is 0.343 e. The maximum atomic E-state index is 4.43. The average molecular weight is 302 g/mol. The second kappa shape index (κ2) is 5.09. The molecule has 5 rings (SSSR count). The van der Waals surface area contributed by atoms with Gasteiger partial charge in [-0.1, -0.05) is 19.9 Å². The first-order chi connectivity index (χ1) is 11.3. The highest BCUT2D eigenvalue weighted by Gasteiger charge is 2.14. The number of H-pyrrole nitrogens is 1. The molecule has 0 saturated heterocycles. The number of fused-ring (bicyclic) bond motifs is 7. The number of hydrogen-bond donors (Lipinski definition) is 1. The topological polar surface area (TPSA) is 46.5 Å². The normalized spacial score (nSPS) is 11.3. The second-order valence-electron chi connectivity index (χ2n) is 5.36. The van der Waals surface area contributed by atoms with Gasteiger partial charge in [0.25, 0.3) is 0 Å². The van der Waals surface area contributed by atoms with Crippen LogP contribution in [-0.4, -0.2) is 19.5 Å². The van der Waals surface area contributed by atoms with Crippen LogP contribution in [0.4, 0.5) is 0 Å². The van der Waals surface area contributed by atoms with Gasteiger partial charge in [-0.25, -0.2) is 4.98 Å². The molecular weight excluding hydrogens is 284 g/mol. The molecule has 4 nitrogen and oxygen atoms in total. The average Bonchev–Trinajstić information content (AvgIpc) is 3.13. The van der Waals surface area contributed by atoms with Crippen molar-refractivity contribution in [2.24, 2.45) is 7.05 Å². The van der Waals surface area contributed by atoms with Gasteiger partial charge in [0.15, 0.2) is 0 Å². The van der Waals surface area contributed by atoms with Crippen LogP contribution in [0.2, 0.25) is 0 Å². The molecule has 0 atom stereocenters. The molecule has 0 aliphatic rings. The Morgan fingerprint density at radius 1 is 0.913 bits per heavy atom. The molecule has 0 aliphatic carbocycles. The Labute approximate surface area is 133 Å². The zero-order valence-corrected chi connectivity index (χ0v) is 13.5. The molecule has 0 spiro atoms. The number of hydrogen-bond acceptors (Lipinski definition) is 2. The molecule has 1 aromatic carbocycles. The third kappa shape index (κ3) is 1.78. The van der Waals surface area contributed by atoms with Crippen molar-refractivity contribution in [1.29, 1.82) is 0 Å². The van der Waals surface area contributed by atoms with Gasteiger partial charge in [-0.15, -0.1) is 0 Å². The highest BCUT2D eigenvalue weighted by Crippen LogP contribution is 2.35. The molecule has 0 bridgehead atoms. The lowest BCUT2D eigenvalue weighted by molar-refractivity contribution is 1.01. The van der Waals surface area contributed by atoms with Crippen LogP contribution in [0.25, 0.3) is 43.7 Å². The van der Waals surface area contributed by atoms with E-state index in [1.165, 1.54) is 27.2 Å². The summed E-state index contributed by atoms with van der Waals surface area (Å²) in [6.45, 7) is 4.00. The molecule has 5 aromatic rings. The van der Waals surface area contributed by atoms with E-state index >= 15 is 0 Å². The standard InChI is InChI=1S/C17H12N4.C2H6/c1-21-13-6-8-18-9-12(13)15-14(21)5-4-10-11-3-2-7-19-17(11)20-16(10)15;1-2/h2-9H,1H3,(H,19,20);1-2H3. The van der Waals surface area contributed by atoms with Crippen LogP contribution in [0.3, 0.4) is 0 Å². The summed E-state index contributed by atoms with van der Waals surface area (Å²) in [5, 5.41) is 4.76. The van der Waals surface area contributed by atoms with Crippen molar-refractivity contribution in [3.63, 3.8) is 0 Å². The molecule has 0 unspecified atom stereocenters. The van der Waals surface area contributed by atoms with Gasteiger partial charge in [0.2, 0.25) is 0 Å². The summed E-state index contributed by atoms with van der Waals surface area (Å²) < 4.78 is 2.21. The van der Waals surface area contributed by atoms with Crippen LogP contribution < -0.4 is 0 Å². The summed E-state index contributed by atoms with van der Waals surface area (Å²) in [5.41, 5.74) is 4.47. The van der Waals surface area contributed by atoms with E-state index in [1.807, 2.05) is 38.5 Å². The van der Waals surface area contributed by atoms with E-state index in [0.29, 0.717) is 0 Å². The first-order valence-electron chi connectivity index (χ1n) is 7.92. The van der Waals surface area contributed by atoms with Crippen molar-refractivity contribution >= 4 is 43.7 Å². The Hall–Kier alpha value is -2.88. The molecule has 0 radical (unpaired) electrons. The molecule has 0 saturated carbocycles. The Morgan fingerprint density at radius 3 is 2.65 bits per heavy atom. The molecule has 4 aromatic heterocycles. The van der Waals surface area contributed by atoms with Crippen molar-refractivity contribution < 1.29 is 0 Å². The lowest BCUT2D eigenvalue weighted by atomic mass is 10.1. The zero-order chi connectivity index (χ0) is 16.0.